The van der Waals surface area contributed by atoms with E-state index in [0.717, 1.165) is 44.1 Å². The summed E-state index contributed by atoms with van der Waals surface area (Å²) in [4.78, 5) is 35.9. The van der Waals surface area contributed by atoms with Gasteiger partial charge in [-0.05, 0) is 86.6 Å². The molecule has 1 aliphatic carbocycles. The van der Waals surface area contributed by atoms with Crippen LogP contribution in [0.4, 0.5) is 4.39 Å². The number of carbonyl (C=O) groups excluding carboxylic acids is 2. The predicted octanol–water partition coefficient (Wildman–Crippen LogP) is 5.38. The van der Waals surface area contributed by atoms with Crippen molar-refractivity contribution in [2.24, 2.45) is 27.2 Å². The second-order valence-electron chi connectivity index (χ2n) is 13.2. The minimum atomic E-state index is -0.409. The number of amides is 2. The minimum absolute atomic E-state index is 0.0403. The highest BCUT2D eigenvalue weighted by atomic mass is 19.1. The lowest BCUT2D eigenvalue weighted by Gasteiger charge is -2.35. The Morgan fingerprint density at radius 3 is 2.34 bits per heavy atom. The van der Waals surface area contributed by atoms with Crippen LogP contribution in [-0.4, -0.2) is 42.5 Å². The number of nitrogens with one attached hydrogen (secondary N) is 4. The van der Waals surface area contributed by atoms with Crippen LogP contribution in [0.2, 0.25) is 0 Å². The van der Waals surface area contributed by atoms with Gasteiger partial charge in [0.15, 0.2) is 0 Å². The SMILES string of the molecule is CCC1CCC(C)(N=C(C(=O)N[C@H](CCC(C)(C)C)c2ccc(C(=O)NCC(=NC)NNN)cc2)c2cccc(F)c2)CC1. The Hall–Kier alpha value is -3.63. The average molecular weight is 608 g/mol. The summed E-state index contributed by atoms with van der Waals surface area (Å²) >= 11 is 0. The van der Waals surface area contributed by atoms with Gasteiger partial charge in [-0.25, -0.2) is 4.39 Å². The van der Waals surface area contributed by atoms with Gasteiger partial charge in [0.05, 0.1) is 18.1 Å². The summed E-state index contributed by atoms with van der Waals surface area (Å²) in [7, 11) is 1.59. The van der Waals surface area contributed by atoms with Gasteiger partial charge in [0.1, 0.15) is 17.4 Å². The van der Waals surface area contributed by atoms with Gasteiger partial charge >= 0.3 is 0 Å². The number of nitrogens with zero attached hydrogens (tertiary/aromatic N) is 2. The summed E-state index contributed by atoms with van der Waals surface area (Å²) in [6, 6.07) is 13.0. The summed E-state index contributed by atoms with van der Waals surface area (Å²) < 4.78 is 14.4. The molecule has 0 unspecified atom stereocenters. The van der Waals surface area contributed by atoms with Crippen LogP contribution >= 0.6 is 0 Å². The first kappa shape index (κ1) is 34.9. The molecule has 44 heavy (non-hydrogen) atoms. The normalized spacial score (nSPS) is 20.1. The summed E-state index contributed by atoms with van der Waals surface area (Å²) in [5, 5.41) is 6.03. The molecule has 0 saturated heterocycles. The summed E-state index contributed by atoms with van der Waals surface area (Å²) in [5.74, 6) is 5.42. The number of benzene rings is 2. The topological polar surface area (TPSA) is 133 Å². The highest BCUT2D eigenvalue weighted by Crippen LogP contribution is 2.36. The van der Waals surface area contributed by atoms with Crippen molar-refractivity contribution in [1.82, 2.24) is 21.6 Å². The molecule has 0 radical (unpaired) electrons. The molecule has 1 fully saturated rings. The Balaban J connectivity index is 1.88. The number of nitrogens with two attached hydrogens (primary N) is 1. The molecule has 3 rings (SSSR count). The Labute approximate surface area is 261 Å². The maximum Gasteiger partial charge on any atom is 0.270 e. The largest absolute Gasteiger partial charge is 0.345 e. The molecule has 1 atom stereocenters. The van der Waals surface area contributed by atoms with Crippen molar-refractivity contribution in [2.45, 2.75) is 91.1 Å². The van der Waals surface area contributed by atoms with Crippen LogP contribution in [0.5, 0.6) is 0 Å². The first-order valence-electron chi connectivity index (χ1n) is 15.6. The summed E-state index contributed by atoms with van der Waals surface area (Å²) in [6.07, 6.45) is 6.58. The monoisotopic (exact) mass is 607 g/mol. The molecule has 0 aliphatic heterocycles. The molecule has 0 spiro atoms. The van der Waals surface area contributed by atoms with Crippen LogP contribution in [0.25, 0.3) is 0 Å². The number of halogens is 1. The van der Waals surface area contributed by atoms with Crippen molar-refractivity contribution in [2.75, 3.05) is 13.6 Å². The molecule has 240 valence electrons. The molecule has 2 amide bonds. The van der Waals surface area contributed by atoms with Crippen molar-refractivity contribution in [3.63, 3.8) is 0 Å². The smallest absolute Gasteiger partial charge is 0.270 e. The second kappa shape index (κ2) is 15.9. The van der Waals surface area contributed by atoms with Crippen LogP contribution in [0.15, 0.2) is 58.5 Å². The van der Waals surface area contributed by atoms with Gasteiger partial charge in [0.2, 0.25) is 0 Å². The lowest BCUT2D eigenvalue weighted by molar-refractivity contribution is -0.115. The van der Waals surface area contributed by atoms with Crippen LogP contribution in [0.3, 0.4) is 0 Å². The van der Waals surface area contributed by atoms with E-state index in [0.29, 0.717) is 29.3 Å². The Morgan fingerprint density at radius 2 is 1.77 bits per heavy atom. The molecule has 10 heteroatoms. The van der Waals surface area contributed by atoms with Gasteiger partial charge in [-0.1, -0.05) is 58.4 Å². The number of hydrogen-bond acceptors (Lipinski definition) is 6. The van der Waals surface area contributed by atoms with Crippen molar-refractivity contribution in [1.29, 1.82) is 0 Å². The van der Waals surface area contributed by atoms with Crippen LogP contribution in [0.1, 0.15) is 107 Å². The number of hydrogen-bond donors (Lipinski definition) is 5. The average Bonchev–Trinajstić information content (AvgIpc) is 3.00. The van der Waals surface area contributed by atoms with E-state index in [2.05, 4.69) is 61.2 Å². The molecule has 9 nitrogen and oxygen atoms in total. The van der Waals surface area contributed by atoms with E-state index in [1.54, 1.807) is 31.3 Å². The van der Waals surface area contributed by atoms with E-state index in [-0.39, 0.29) is 35.5 Å². The van der Waals surface area contributed by atoms with E-state index < -0.39 is 11.4 Å². The third-order valence-electron chi connectivity index (χ3n) is 8.42. The quantitative estimate of drug-likeness (QED) is 0.0956. The number of aliphatic imine (C=N–C) groups is 2. The fourth-order valence-corrected chi connectivity index (χ4v) is 5.49. The molecule has 2 aromatic rings. The van der Waals surface area contributed by atoms with Crippen molar-refractivity contribution in [3.8, 4) is 0 Å². The van der Waals surface area contributed by atoms with Gasteiger partial charge in [-0.2, -0.15) is 5.53 Å². The van der Waals surface area contributed by atoms with E-state index in [1.165, 1.54) is 12.1 Å². The highest BCUT2D eigenvalue weighted by Gasteiger charge is 2.32. The van der Waals surface area contributed by atoms with Gasteiger partial charge in [-0.3, -0.25) is 30.8 Å². The Kier molecular flexibility index (Phi) is 12.6. The molecule has 0 bridgehead atoms. The Morgan fingerprint density at radius 1 is 1.09 bits per heavy atom. The first-order chi connectivity index (χ1) is 20.9. The molecule has 0 aromatic heterocycles. The molecular formula is C34H50FN7O2. The number of hydrazine groups is 2. The zero-order valence-corrected chi connectivity index (χ0v) is 27.1. The lowest BCUT2D eigenvalue weighted by atomic mass is 9.77. The maximum absolute atomic E-state index is 14.4. The van der Waals surface area contributed by atoms with E-state index in [4.69, 9.17) is 10.8 Å². The van der Waals surface area contributed by atoms with Crippen molar-refractivity contribution in [3.05, 3.63) is 71.0 Å². The third kappa shape index (κ3) is 10.5. The molecule has 2 aromatic carbocycles. The molecule has 6 N–H and O–H groups in total. The van der Waals surface area contributed by atoms with Gasteiger partial charge in [0, 0.05) is 18.2 Å². The van der Waals surface area contributed by atoms with E-state index >= 15 is 0 Å². The Bertz CT molecular complexity index is 1310. The fraction of sp³-hybridized carbons (Fsp3) is 0.529. The van der Waals surface area contributed by atoms with Crippen molar-refractivity contribution >= 4 is 23.4 Å². The number of rotatable bonds is 12. The van der Waals surface area contributed by atoms with Gasteiger partial charge < -0.3 is 10.6 Å². The number of carbonyl (C=O) groups is 2. The third-order valence-corrected chi connectivity index (χ3v) is 8.42. The van der Waals surface area contributed by atoms with E-state index in [1.807, 2.05) is 12.1 Å². The summed E-state index contributed by atoms with van der Waals surface area (Å²) in [5.41, 5.74) is 6.68. The van der Waals surface area contributed by atoms with Crippen LogP contribution in [-0.2, 0) is 4.79 Å². The summed E-state index contributed by atoms with van der Waals surface area (Å²) in [6.45, 7) is 11.0. The van der Waals surface area contributed by atoms with Crippen molar-refractivity contribution < 1.29 is 14.0 Å². The van der Waals surface area contributed by atoms with Gasteiger partial charge in [0.25, 0.3) is 11.8 Å². The molecular weight excluding hydrogens is 557 g/mol. The van der Waals surface area contributed by atoms with Gasteiger partial charge in [-0.15, -0.1) is 0 Å². The zero-order chi connectivity index (χ0) is 32.3. The lowest BCUT2D eigenvalue weighted by Crippen LogP contribution is -2.47. The molecule has 0 heterocycles. The first-order valence-corrected chi connectivity index (χ1v) is 15.6. The minimum Gasteiger partial charge on any atom is -0.345 e. The maximum atomic E-state index is 14.4. The second-order valence-corrected chi connectivity index (χ2v) is 13.2. The van der Waals surface area contributed by atoms with Crippen LogP contribution in [0, 0.1) is 17.2 Å². The number of amidine groups is 1. The fourth-order valence-electron chi connectivity index (χ4n) is 5.49. The highest BCUT2D eigenvalue weighted by molar-refractivity contribution is 6.45. The standard InChI is InChI=1S/C34H50FN7O2/c1-7-23-15-19-34(5,20-16-23)40-30(26-9-8-10-27(35)21-26)32(44)39-28(17-18-33(2,3)4)24-11-13-25(14-12-24)31(43)38-22-29(37-6)41-42-36/h8-14,21,23,28,42H,7,15-20,22,36H2,1-6H3,(H,37,41)(H,38,43)(H,39,44)/t23?,28-,34?/m1/s1. The molecule has 1 saturated carbocycles. The predicted molar refractivity (Wildman–Crippen MR) is 176 cm³/mol. The van der Waals surface area contributed by atoms with Crippen LogP contribution < -0.4 is 27.4 Å². The zero-order valence-electron chi connectivity index (χ0n) is 27.1. The van der Waals surface area contributed by atoms with E-state index in [9.17, 15) is 14.0 Å². The molecule has 1 aliphatic rings.